The van der Waals surface area contributed by atoms with Crippen molar-refractivity contribution in [3.8, 4) is 11.4 Å². The number of hydrogen-bond acceptors (Lipinski definition) is 4. The Morgan fingerprint density at radius 2 is 1.68 bits per heavy atom. The topological polar surface area (TPSA) is 35.2 Å². The van der Waals surface area contributed by atoms with Gasteiger partial charge in [-0.15, -0.1) is 0 Å². The zero-order chi connectivity index (χ0) is 23.5. The van der Waals surface area contributed by atoms with E-state index in [1.54, 1.807) is 0 Å². The number of aryl methyl sites for hydroxylation is 2. The van der Waals surface area contributed by atoms with Crippen molar-refractivity contribution in [3.05, 3.63) is 106 Å². The largest absolute Gasteiger partial charge is 0.486 e. The second-order valence-corrected chi connectivity index (χ2v) is 9.38. The van der Waals surface area contributed by atoms with Crippen LogP contribution in [0.2, 0.25) is 0 Å². The molecule has 1 aliphatic rings. The van der Waals surface area contributed by atoms with E-state index in [2.05, 4.69) is 73.3 Å². The number of ether oxygens (including phenoxy) is 1. The van der Waals surface area contributed by atoms with Crippen LogP contribution in [0.25, 0.3) is 5.69 Å². The van der Waals surface area contributed by atoms with Crippen LogP contribution in [0.5, 0.6) is 5.75 Å². The van der Waals surface area contributed by atoms with Crippen molar-refractivity contribution in [2.75, 3.05) is 13.1 Å². The zero-order valence-electron chi connectivity index (χ0n) is 19.7. The number of rotatable bonds is 7. The van der Waals surface area contributed by atoms with Gasteiger partial charge in [0, 0.05) is 18.8 Å². The lowest BCUT2D eigenvalue weighted by Crippen LogP contribution is -2.24. The Morgan fingerprint density at radius 3 is 2.41 bits per heavy atom. The molecule has 1 aliphatic heterocycles. The summed E-state index contributed by atoms with van der Waals surface area (Å²) in [6.45, 7) is 7.28. The minimum Gasteiger partial charge on any atom is -0.486 e. The second kappa shape index (κ2) is 9.95. The molecule has 1 saturated heterocycles. The fraction of sp³-hybridized carbons (Fsp3) is 0.286. The molecule has 0 radical (unpaired) electrons. The van der Waals surface area contributed by atoms with Crippen molar-refractivity contribution in [2.45, 2.75) is 39.5 Å². The third-order valence-electron chi connectivity index (χ3n) is 6.64. The van der Waals surface area contributed by atoms with E-state index in [9.17, 15) is 0 Å². The van der Waals surface area contributed by atoms with Crippen molar-refractivity contribution >= 4 is 12.2 Å². The Labute approximate surface area is 206 Å². The standard InChI is InChI=1S/C28H30N4OS/c1-21-13-14-26(17-22(21)2)33-19-27-29-31(28(34)32(27)25-11-7-4-8-12-25)20-30-16-15-24(18-30)23-9-5-3-6-10-23/h3-14,17,24H,15-16,18-20H2,1-2H3. The smallest absolute Gasteiger partial charge is 0.203 e. The Balaban J connectivity index is 1.38. The summed E-state index contributed by atoms with van der Waals surface area (Å²) in [6, 6.07) is 27.1. The molecule has 34 heavy (non-hydrogen) atoms. The second-order valence-electron chi connectivity index (χ2n) is 9.02. The minimum atomic E-state index is 0.348. The number of benzene rings is 3. The summed E-state index contributed by atoms with van der Waals surface area (Å²) in [7, 11) is 0. The molecule has 1 fully saturated rings. The predicted molar refractivity (Wildman–Crippen MR) is 138 cm³/mol. The Kier molecular flexibility index (Phi) is 6.61. The number of hydrogen-bond donors (Lipinski definition) is 0. The van der Waals surface area contributed by atoms with Gasteiger partial charge in [-0.25, -0.2) is 4.68 Å². The molecular weight excluding hydrogens is 440 g/mol. The highest BCUT2D eigenvalue weighted by molar-refractivity contribution is 7.71. The van der Waals surface area contributed by atoms with Gasteiger partial charge in [0.1, 0.15) is 12.4 Å². The molecule has 0 bridgehead atoms. The van der Waals surface area contributed by atoms with Crippen LogP contribution in [0.1, 0.15) is 34.9 Å². The molecular formula is C28H30N4OS. The van der Waals surface area contributed by atoms with Gasteiger partial charge in [0.25, 0.3) is 0 Å². The van der Waals surface area contributed by atoms with Crippen molar-refractivity contribution in [2.24, 2.45) is 0 Å². The highest BCUT2D eigenvalue weighted by Gasteiger charge is 2.25. The zero-order valence-corrected chi connectivity index (χ0v) is 20.5. The summed E-state index contributed by atoms with van der Waals surface area (Å²) in [5, 5.41) is 4.91. The van der Waals surface area contributed by atoms with Crippen LogP contribution in [0, 0.1) is 18.6 Å². The molecule has 0 saturated carbocycles. The van der Waals surface area contributed by atoms with Gasteiger partial charge in [0.15, 0.2) is 5.82 Å². The Bertz CT molecular complexity index is 1310. The lowest BCUT2D eigenvalue weighted by atomic mass is 9.99. The van der Waals surface area contributed by atoms with Crippen molar-refractivity contribution in [1.82, 2.24) is 19.2 Å². The van der Waals surface area contributed by atoms with Crippen molar-refractivity contribution in [1.29, 1.82) is 0 Å². The molecule has 5 rings (SSSR count). The lowest BCUT2D eigenvalue weighted by molar-refractivity contribution is 0.246. The maximum Gasteiger partial charge on any atom is 0.203 e. The van der Waals surface area contributed by atoms with Gasteiger partial charge in [-0.1, -0.05) is 54.6 Å². The van der Waals surface area contributed by atoms with Crippen LogP contribution in [0.15, 0.2) is 78.9 Å². The Morgan fingerprint density at radius 1 is 0.941 bits per heavy atom. The quantitative estimate of drug-likeness (QED) is 0.308. The number of nitrogens with zero attached hydrogens (tertiary/aromatic N) is 4. The maximum absolute atomic E-state index is 6.15. The van der Waals surface area contributed by atoms with Crippen LogP contribution < -0.4 is 4.74 Å². The van der Waals surface area contributed by atoms with E-state index in [1.165, 1.54) is 16.7 Å². The van der Waals surface area contributed by atoms with E-state index in [1.807, 2.05) is 33.5 Å². The van der Waals surface area contributed by atoms with Gasteiger partial charge in [-0.05, 0) is 79.4 Å². The normalized spacial score (nSPS) is 16.1. The average molecular weight is 471 g/mol. The van der Waals surface area contributed by atoms with E-state index in [0.29, 0.717) is 24.0 Å². The van der Waals surface area contributed by atoms with Gasteiger partial charge in [0.05, 0.1) is 6.67 Å². The molecule has 2 heterocycles. The highest BCUT2D eigenvalue weighted by atomic mass is 32.1. The highest BCUT2D eigenvalue weighted by Crippen LogP contribution is 2.27. The van der Waals surface area contributed by atoms with Crippen molar-refractivity contribution in [3.63, 3.8) is 0 Å². The molecule has 0 aliphatic carbocycles. The molecule has 4 aromatic rings. The van der Waals surface area contributed by atoms with E-state index in [0.717, 1.165) is 36.8 Å². The Hall–Kier alpha value is -3.22. The average Bonchev–Trinajstić information content (AvgIpc) is 3.45. The third-order valence-corrected chi connectivity index (χ3v) is 7.04. The van der Waals surface area contributed by atoms with Gasteiger partial charge < -0.3 is 4.74 Å². The summed E-state index contributed by atoms with van der Waals surface area (Å²) < 4.78 is 10.8. The first-order chi connectivity index (χ1) is 16.6. The molecule has 5 nitrogen and oxygen atoms in total. The molecule has 6 heteroatoms. The molecule has 0 spiro atoms. The molecule has 3 aromatic carbocycles. The predicted octanol–water partition coefficient (Wildman–Crippen LogP) is 6.05. The van der Waals surface area contributed by atoms with Crippen LogP contribution >= 0.6 is 12.2 Å². The summed E-state index contributed by atoms with van der Waals surface area (Å²) in [5.74, 6) is 2.20. The van der Waals surface area contributed by atoms with Gasteiger partial charge in [0.2, 0.25) is 4.77 Å². The molecule has 0 amide bonds. The first-order valence-corrected chi connectivity index (χ1v) is 12.2. The fourth-order valence-corrected chi connectivity index (χ4v) is 4.88. The SMILES string of the molecule is Cc1ccc(OCc2nn(CN3CCC(c4ccccc4)C3)c(=S)n2-c2ccccc2)cc1C. The summed E-state index contributed by atoms with van der Waals surface area (Å²) in [4.78, 5) is 2.43. The molecule has 1 aromatic heterocycles. The van der Waals surface area contributed by atoms with E-state index in [-0.39, 0.29) is 0 Å². The lowest BCUT2D eigenvalue weighted by Gasteiger charge is -2.16. The van der Waals surface area contributed by atoms with Gasteiger partial charge in [-0.2, -0.15) is 5.10 Å². The van der Waals surface area contributed by atoms with Gasteiger partial charge >= 0.3 is 0 Å². The molecule has 174 valence electrons. The van der Waals surface area contributed by atoms with Gasteiger partial charge in [-0.3, -0.25) is 9.47 Å². The molecule has 0 N–H and O–H groups in total. The molecule has 1 atom stereocenters. The van der Waals surface area contributed by atoms with Crippen LogP contribution in [0.4, 0.5) is 0 Å². The first-order valence-electron chi connectivity index (χ1n) is 11.8. The summed E-state index contributed by atoms with van der Waals surface area (Å²) in [5.41, 5.74) is 4.88. The monoisotopic (exact) mass is 470 g/mol. The van der Waals surface area contributed by atoms with Crippen molar-refractivity contribution < 1.29 is 4.74 Å². The molecule has 1 unspecified atom stereocenters. The van der Waals surface area contributed by atoms with E-state index >= 15 is 0 Å². The van der Waals surface area contributed by atoms with Crippen LogP contribution in [0.3, 0.4) is 0 Å². The number of para-hydroxylation sites is 1. The number of likely N-dealkylation sites (tertiary alicyclic amines) is 1. The summed E-state index contributed by atoms with van der Waals surface area (Å²) >= 11 is 5.90. The maximum atomic E-state index is 6.15. The van der Waals surface area contributed by atoms with Crippen LogP contribution in [-0.4, -0.2) is 32.3 Å². The third kappa shape index (κ3) is 4.83. The van der Waals surface area contributed by atoms with E-state index in [4.69, 9.17) is 22.1 Å². The van der Waals surface area contributed by atoms with Crippen LogP contribution in [-0.2, 0) is 13.3 Å². The first kappa shape index (κ1) is 22.6. The fourth-order valence-electron chi connectivity index (χ4n) is 4.57. The summed E-state index contributed by atoms with van der Waals surface area (Å²) in [6.07, 6.45) is 1.15. The number of aromatic nitrogens is 3. The minimum absolute atomic E-state index is 0.348. The van der Waals surface area contributed by atoms with E-state index < -0.39 is 0 Å².